The summed E-state index contributed by atoms with van der Waals surface area (Å²) in [6.07, 6.45) is 0. The highest BCUT2D eigenvalue weighted by Gasteiger charge is 2.30. The maximum absolute atomic E-state index is 11.8. The van der Waals surface area contributed by atoms with Crippen molar-refractivity contribution in [1.29, 1.82) is 0 Å². The molecule has 1 aliphatic rings. The lowest BCUT2D eigenvalue weighted by Gasteiger charge is -2.35. The van der Waals surface area contributed by atoms with Crippen LogP contribution in [-0.4, -0.2) is 29.6 Å². The lowest BCUT2D eigenvalue weighted by Crippen LogP contribution is -2.46. The molecule has 5 nitrogen and oxygen atoms in total. The Bertz CT molecular complexity index is 485. The summed E-state index contributed by atoms with van der Waals surface area (Å²) in [4.78, 5) is 24.7. The number of carbonyl (C=O) groups excluding carboxylic acids is 1. The van der Waals surface area contributed by atoms with Gasteiger partial charge in [-0.15, -0.1) is 0 Å². The van der Waals surface area contributed by atoms with Crippen molar-refractivity contribution < 1.29 is 14.7 Å². The molecule has 90 valence electrons. The zero-order valence-electron chi connectivity index (χ0n) is 9.73. The fraction of sp³-hybridized carbons (Fsp3) is 0.333. The highest BCUT2D eigenvalue weighted by molar-refractivity contribution is 6.09. The zero-order valence-corrected chi connectivity index (χ0v) is 9.73. The number of fused-ring (bicyclic) bond motifs is 1. The largest absolute Gasteiger partial charge is 0.478 e. The van der Waals surface area contributed by atoms with E-state index in [1.807, 2.05) is 17.9 Å². The molecule has 1 aromatic carbocycles. The molecule has 1 unspecified atom stereocenters. The number of benzene rings is 1. The third-order valence-electron chi connectivity index (χ3n) is 3.02. The minimum atomic E-state index is -1.03. The van der Waals surface area contributed by atoms with Crippen molar-refractivity contribution in [3.8, 4) is 0 Å². The van der Waals surface area contributed by atoms with E-state index in [1.54, 1.807) is 13.0 Å². The van der Waals surface area contributed by atoms with Crippen molar-refractivity contribution >= 4 is 23.3 Å². The van der Waals surface area contributed by atoms with Crippen molar-refractivity contribution in [2.45, 2.75) is 19.9 Å². The third-order valence-corrected chi connectivity index (χ3v) is 3.02. The first-order valence-electron chi connectivity index (χ1n) is 5.50. The fourth-order valence-electron chi connectivity index (χ4n) is 2.11. The number of hydrogen-bond donors (Lipinski definition) is 2. The van der Waals surface area contributed by atoms with Crippen LogP contribution >= 0.6 is 0 Å². The number of aromatic carboxylic acids is 1. The minimum Gasteiger partial charge on any atom is -0.478 e. The van der Waals surface area contributed by atoms with Crippen LogP contribution in [0, 0.1) is 0 Å². The van der Waals surface area contributed by atoms with Gasteiger partial charge in [0.2, 0.25) is 5.91 Å². The van der Waals surface area contributed by atoms with Gasteiger partial charge in [-0.25, -0.2) is 4.79 Å². The molecule has 0 fully saturated rings. The predicted molar refractivity (Wildman–Crippen MR) is 64.5 cm³/mol. The molecule has 0 radical (unpaired) electrons. The first-order chi connectivity index (χ1) is 8.06. The molecule has 5 heteroatoms. The van der Waals surface area contributed by atoms with Gasteiger partial charge in [0.05, 0.1) is 16.9 Å². The number of carboxylic acids is 1. The van der Waals surface area contributed by atoms with Gasteiger partial charge < -0.3 is 15.3 Å². The monoisotopic (exact) mass is 234 g/mol. The number of nitrogens with one attached hydrogen (secondary N) is 1. The summed E-state index contributed by atoms with van der Waals surface area (Å²) in [7, 11) is 0. The topological polar surface area (TPSA) is 69.6 Å². The second-order valence-electron chi connectivity index (χ2n) is 3.96. The average molecular weight is 234 g/mol. The van der Waals surface area contributed by atoms with Gasteiger partial charge in [0, 0.05) is 6.54 Å². The van der Waals surface area contributed by atoms with Crippen molar-refractivity contribution in [3.05, 3.63) is 23.8 Å². The number of rotatable bonds is 2. The molecule has 0 aromatic heterocycles. The molecule has 0 aliphatic carbocycles. The molecular formula is C12H14N2O3. The Morgan fingerprint density at radius 2 is 2.24 bits per heavy atom. The Hall–Kier alpha value is -2.04. The third kappa shape index (κ3) is 1.73. The van der Waals surface area contributed by atoms with Crippen LogP contribution < -0.4 is 10.2 Å². The van der Waals surface area contributed by atoms with Gasteiger partial charge >= 0.3 is 5.97 Å². The van der Waals surface area contributed by atoms with Gasteiger partial charge in [-0.1, -0.05) is 6.07 Å². The minimum absolute atomic E-state index is 0.126. The summed E-state index contributed by atoms with van der Waals surface area (Å²) in [6.45, 7) is 4.40. The summed E-state index contributed by atoms with van der Waals surface area (Å²) in [6, 6.07) is 4.72. The Kier molecular flexibility index (Phi) is 2.75. The molecule has 0 saturated carbocycles. The summed E-state index contributed by atoms with van der Waals surface area (Å²) in [5.74, 6) is -1.21. The van der Waals surface area contributed by atoms with E-state index in [9.17, 15) is 9.59 Å². The van der Waals surface area contributed by atoms with Gasteiger partial charge in [-0.2, -0.15) is 0 Å². The van der Waals surface area contributed by atoms with Gasteiger partial charge in [-0.3, -0.25) is 4.79 Å². The molecular weight excluding hydrogens is 220 g/mol. The van der Waals surface area contributed by atoms with Crippen LogP contribution in [0.5, 0.6) is 0 Å². The van der Waals surface area contributed by atoms with Gasteiger partial charge in [0.25, 0.3) is 0 Å². The SMILES string of the molecule is CCN1c2cccc(C(=O)O)c2NC(=O)C1C. The van der Waals surface area contributed by atoms with E-state index in [2.05, 4.69) is 5.32 Å². The molecule has 2 N–H and O–H groups in total. The van der Waals surface area contributed by atoms with E-state index in [0.717, 1.165) is 5.69 Å². The Morgan fingerprint density at radius 3 is 2.82 bits per heavy atom. The zero-order chi connectivity index (χ0) is 12.6. The Balaban J connectivity index is 2.60. The number of para-hydroxylation sites is 1. The predicted octanol–water partition coefficient (Wildman–Crippen LogP) is 1.55. The van der Waals surface area contributed by atoms with Crippen LogP contribution in [-0.2, 0) is 4.79 Å². The van der Waals surface area contributed by atoms with Crippen LogP contribution in [0.15, 0.2) is 18.2 Å². The van der Waals surface area contributed by atoms with Crippen LogP contribution in [0.3, 0.4) is 0 Å². The van der Waals surface area contributed by atoms with Crippen molar-refractivity contribution in [1.82, 2.24) is 0 Å². The normalized spacial score (nSPS) is 18.6. The number of anilines is 2. The number of amides is 1. The number of likely N-dealkylation sites (N-methyl/N-ethyl adjacent to an activating group) is 1. The lowest BCUT2D eigenvalue weighted by molar-refractivity contribution is -0.117. The van der Waals surface area contributed by atoms with Crippen LogP contribution in [0.4, 0.5) is 11.4 Å². The van der Waals surface area contributed by atoms with Crippen LogP contribution in [0.25, 0.3) is 0 Å². The summed E-state index contributed by atoms with van der Waals surface area (Å²) < 4.78 is 0. The average Bonchev–Trinajstić information content (AvgIpc) is 2.30. The highest BCUT2D eigenvalue weighted by atomic mass is 16.4. The van der Waals surface area contributed by atoms with E-state index in [-0.39, 0.29) is 17.5 Å². The molecule has 0 bridgehead atoms. The fourth-order valence-corrected chi connectivity index (χ4v) is 2.11. The number of carbonyl (C=O) groups is 2. The van der Waals surface area contributed by atoms with Crippen LogP contribution in [0.1, 0.15) is 24.2 Å². The summed E-state index contributed by atoms with van der Waals surface area (Å²) in [5, 5.41) is 11.7. The summed E-state index contributed by atoms with van der Waals surface area (Å²) in [5.41, 5.74) is 1.28. The molecule has 1 atom stereocenters. The van der Waals surface area contributed by atoms with Crippen molar-refractivity contribution in [2.24, 2.45) is 0 Å². The smallest absolute Gasteiger partial charge is 0.337 e. The number of hydrogen-bond acceptors (Lipinski definition) is 3. The Morgan fingerprint density at radius 1 is 1.53 bits per heavy atom. The maximum atomic E-state index is 11.8. The first kappa shape index (κ1) is 11.4. The molecule has 1 aliphatic heterocycles. The van der Waals surface area contributed by atoms with Crippen LogP contribution in [0.2, 0.25) is 0 Å². The van der Waals surface area contributed by atoms with E-state index < -0.39 is 5.97 Å². The Labute approximate surface area is 99.0 Å². The second kappa shape index (κ2) is 4.08. The molecule has 0 spiro atoms. The molecule has 0 saturated heterocycles. The van der Waals surface area contributed by atoms with Gasteiger partial charge in [0.1, 0.15) is 6.04 Å². The number of nitrogens with zero attached hydrogens (tertiary/aromatic N) is 1. The molecule has 1 aromatic rings. The van der Waals surface area contributed by atoms with E-state index in [1.165, 1.54) is 6.07 Å². The lowest BCUT2D eigenvalue weighted by atomic mass is 10.0. The molecule has 1 amide bonds. The van der Waals surface area contributed by atoms with Gasteiger partial charge in [0.15, 0.2) is 0 Å². The summed E-state index contributed by atoms with van der Waals surface area (Å²) >= 11 is 0. The van der Waals surface area contributed by atoms with E-state index in [4.69, 9.17) is 5.11 Å². The molecule has 17 heavy (non-hydrogen) atoms. The first-order valence-corrected chi connectivity index (χ1v) is 5.50. The van der Waals surface area contributed by atoms with Gasteiger partial charge in [-0.05, 0) is 26.0 Å². The second-order valence-corrected chi connectivity index (χ2v) is 3.96. The quantitative estimate of drug-likeness (QED) is 0.814. The van der Waals surface area contributed by atoms with E-state index >= 15 is 0 Å². The number of carboxylic acid groups (broad SMARTS) is 1. The van der Waals surface area contributed by atoms with Crippen molar-refractivity contribution in [3.63, 3.8) is 0 Å². The van der Waals surface area contributed by atoms with Crippen molar-refractivity contribution in [2.75, 3.05) is 16.8 Å². The van der Waals surface area contributed by atoms with E-state index in [0.29, 0.717) is 12.2 Å². The molecule has 2 rings (SSSR count). The highest BCUT2D eigenvalue weighted by Crippen LogP contribution is 2.34. The standard InChI is InChI=1S/C12H14N2O3/c1-3-14-7(2)11(15)13-10-8(12(16)17)5-4-6-9(10)14/h4-7H,3H2,1-2H3,(H,13,15)(H,16,17). The maximum Gasteiger partial charge on any atom is 0.337 e. The molecule has 1 heterocycles.